The van der Waals surface area contributed by atoms with E-state index in [1.807, 2.05) is 6.92 Å². The van der Waals surface area contributed by atoms with Gasteiger partial charge in [-0.05, 0) is 6.42 Å². The molecule has 0 unspecified atom stereocenters. The number of rotatable bonds is 5. The predicted molar refractivity (Wildman–Crippen MR) is 62.7 cm³/mol. The van der Waals surface area contributed by atoms with Crippen molar-refractivity contribution >= 4 is 10.1 Å². The number of hydrogen-bond acceptors (Lipinski definition) is 3. The van der Waals surface area contributed by atoms with Gasteiger partial charge in [-0.3, -0.25) is 0 Å². The van der Waals surface area contributed by atoms with E-state index in [9.17, 15) is 13.0 Å². The van der Waals surface area contributed by atoms with Crippen molar-refractivity contribution < 1.29 is 17.5 Å². The molecule has 0 N–H and O–H groups in total. The highest BCUT2D eigenvalue weighted by Crippen LogP contribution is 2.00. The third kappa shape index (κ3) is 41.4. The zero-order valence-corrected chi connectivity index (χ0v) is 11.4. The van der Waals surface area contributed by atoms with Crippen molar-refractivity contribution in [3.05, 3.63) is 0 Å². The molecule has 0 saturated heterocycles. The van der Waals surface area contributed by atoms with E-state index < -0.39 is 10.1 Å². The van der Waals surface area contributed by atoms with Crippen LogP contribution in [0.5, 0.6) is 0 Å². The molecule has 0 atom stereocenters. The quantitative estimate of drug-likeness (QED) is 0.414. The Kier molecular flexibility index (Phi) is 9.29. The van der Waals surface area contributed by atoms with Crippen LogP contribution in [-0.4, -0.2) is 51.4 Å². The van der Waals surface area contributed by atoms with E-state index in [4.69, 9.17) is 0 Å². The Hall–Kier alpha value is -0.130. The van der Waals surface area contributed by atoms with Gasteiger partial charge in [0.25, 0.3) is 0 Å². The van der Waals surface area contributed by atoms with Crippen LogP contribution in [0.15, 0.2) is 0 Å². The molecule has 0 aromatic rings. The Morgan fingerprint density at radius 1 is 1.00 bits per heavy atom. The zero-order chi connectivity index (χ0) is 12.5. The van der Waals surface area contributed by atoms with Crippen molar-refractivity contribution in [3.63, 3.8) is 0 Å². The van der Waals surface area contributed by atoms with Crippen LogP contribution in [0.1, 0.15) is 32.6 Å². The van der Waals surface area contributed by atoms with Gasteiger partial charge in [0, 0.05) is 5.75 Å². The number of hydrogen-bond donors (Lipinski definition) is 0. The lowest BCUT2D eigenvalue weighted by atomic mass is 10.2. The average Bonchev–Trinajstić information content (AvgIpc) is 1.93. The summed E-state index contributed by atoms with van der Waals surface area (Å²) >= 11 is 0. The molecule has 0 radical (unpaired) electrons. The van der Waals surface area contributed by atoms with E-state index in [0.29, 0.717) is 6.42 Å². The van der Waals surface area contributed by atoms with Gasteiger partial charge in [-0.15, -0.1) is 0 Å². The standard InChI is InChI=1S/C6H14O3S.C4H12N/c1-2-3-4-5-6-10(7,8)9;1-5(2,3)4/h2-6H2,1H3,(H,7,8,9);1-4H3/q;+1/p-1. The van der Waals surface area contributed by atoms with Gasteiger partial charge in [0.05, 0.1) is 38.3 Å². The second-order valence-electron chi connectivity index (χ2n) is 5.01. The van der Waals surface area contributed by atoms with E-state index in [1.54, 1.807) is 0 Å². The summed E-state index contributed by atoms with van der Waals surface area (Å²) in [4.78, 5) is 0. The van der Waals surface area contributed by atoms with Crippen LogP contribution in [0.25, 0.3) is 0 Å². The summed E-state index contributed by atoms with van der Waals surface area (Å²) in [5, 5.41) is 0. The molecule has 0 spiro atoms. The van der Waals surface area contributed by atoms with Crippen molar-refractivity contribution in [1.82, 2.24) is 0 Å². The van der Waals surface area contributed by atoms with Gasteiger partial charge in [-0.1, -0.05) is 26.2 Å². The fourth-order valence-electron chi connectivity index (χ4n) is 0.706. The van der Waals surface area contributed by atoms with Gasteiger partial charge in [0.2, 0.25) is 0 Å². The van der Waals surface area contributed by atoms with Crippen LogP contribution in [0, 0.1) is 0 Å². The van der Waals surface area contributed by atoms with Crippen LogP contribution in [-0.2, 0) is 10.1 Å². The van der Waals surface area contributed by atoms with Crippen molar-refractivity contribution in [1.29, 1.82) is 0 Å². The fraction of sp³-hybridized carbons (Fsp3) is 1.00. The van der Waals surface area contributed by atoms with Crippen LogP contribution in [0.4, 0.5) is 0 Å². The van der Waals surface area contributed by atoms with E-state index in [2.05, 4.69) is 28.2 Å². The molecule has 5 heteroatoms. The Bertz CT molecular complexity index is 224. The molecule has 0 aromatic heterocycles. The molecular weight excluding hydrogens is 214 g/mol. The third-order valence-corrected chi connectivity index (χ3v) is 2.04. The van der Waals surface area contributed by atoms with Crippen molar-refractivity contribution in [3.8, 4) is 0 Å². The number of unbranched alkanes of at least 4 members (excludes halogenated alkanes) is 3. The van der Waals surface area contributed by atoms with Crippen molar-refractivity contribution in [2.45, 2.75) is 32.6 Å². The van der Waals surface area contributed by atoms with Gasteiger partial charge in [0.15, 0.2) is 0 Å². The van der Waals surface area contributed by atoms with Crippen LogP contribution >= 0.6 is 0 Å². The van der Waals surface area contributed by atoms with E-state index in [-0.39, 0.29) is 5.75 Å². The van der Waals surface area contributed by atoms with Gasteiger partial charge >= 0.3 is 0 Å². The second-order valence-corrected chi connectivity index (χ2v) is 6.53. The van der Waals surface area contributed by atoms with E-state index in [1.165, 1.54) is 0 Å². The normalized spacial score (nSPS) is 11.9. The maximum atomic E-state index is 10.0. The summed E-state index contributed by atoms with van der Waals surface area (Å²) in [6.07, 6.45) is 3.42. The Morgan fingerprint density at radius 3 is 1.67 bits per heavy atom. The van der Waals surface area contributed by atoms with Gasteiger partial charge in [-0.2, -0.15) is 0 Å². The predicted octanol–water partition coefficient (Wildman–Crippen LogP) is 1.43. The molecule has 0 heterocycles. The summed E-state index contributed by atoms with van der Waals surface area (Å²) < 4.78 is 31.1. The number of quaternary nitrogens is 1. The Labute approximate surface area is 94.6 Å². The average molecular weight is 239 g/mol. The zero-order valence-electron chi connectivity index (χ0n) is 10.6. The first-order valence-corrected chi connectivity index (χ1v) is 6.86. The molecule has 4 nitrogen and oxygen atoms in total. The highest BCUT2D eigenvalue weighted by atomic mass is 32.2. The number of nitrogens with zero attached hydrogens (tertiary/aromatic N) is 1. The van der Waals surface area contributed by atoms with Gasteiger partial charge in [0.1, 0.15) is 0 Å². The molecule has 0 bridgehead atoms. The first-order chi connectivity index (χ1) is 6.56. The monoisotopic (exact) mass is 239 g/mol. The van der Waals surface area contributed by atoms with E-state index in [0.717, 1.165) is 23.7 Å². The highest BCUT2D eigenvalue weighted by Gasteiger charge is 1.93. The minimum absolute atomic E-state index is 0.201. The summed E-state index contributed by atoms with van der Waals surface area (Å²) in [5.74, 6) is -0.201. The molecule has 0 aliphatic heterocycles. The van der Waals surface area contributed by atoms with Crippen LogP contribution in [0.2, 0.25) is 0 Å². The minimum atomic E-state index is -3.95. The molecule has 0 rings (SSSR count). The first-order valence-electron chi connectivity index (χ1n) is 5.28. The largest absolute Gasteiger partial charge is 0.748 e. The smallest absolute Gasteiger partial charge is 0.0945 e. The molecule has 94 valence electrons. The molecular formula is C10H25NO3S. The minimum Gasteiger partial charge on any atom is -0.748 e. The highest BCUT2D eigenvalue weighted by molar-refractivity contribution is 7.85. The summed E-state index contributed by atoms with van der Waals surface area (Å²) in [7, 11) is 4.55. The molecule has 0 aliphatic rings. The van der Waals surface area contributed by atoms with E-state index >= 15 is 0 Å². The van der Waals surface area contributed by atoms with Gasteiger partial charge in [-0.25, -0.2) is 8.42 Å². The maximum absolute atomic E-state index is 10.0. The molecule has 15 heavy (non-hydrogen) atoms. The third-order valence-electron chi connectivity index (χ3n) is 1.25. The SMILES string of the molecule is CCCCCCS(=O)(=O)[O-].C[N+](C)(C)C. The van der Waals surface area contributed by atoms with Crippen LogP contribution in [0.3, 0.4) is 0 Å². The lowest BCUT2D eigenvalue weighted by Crippen LogP contribution is -2.27. The Morgan fingerprint density at radius 2 is 1.40 bits per heavy atom. The summed E-state index contributed by atoms with van der Waals surface area (Å²) in [5.41, 5.74) is 0. The molecule has 0 fully saturated rings. The topological polar surface area (TPSA) is 57.2 Å². The Balaban J connectivity index is 0. The van der Waals surface area contributed by atoms with Crippen LogP contribution < -0.4 is 0 Å². The maximum Gasteiger partial charge on any atom is 0.0945 e. The molecule has 0 saturated carbocycles. The summed E-state index contributed by atoms with van der Waals surface area (Å²) in [6.45, 7) is 2.03. The fourth-order valence-corrected chi connectivity index (χ4v) is 1.26. The second kappa shape index (κ2) is 8.07. The van der Waals surface area contributed by atoms with Gasteiger partial charge < -0.3 is 9.04 Å². The summed E-state index contributed by atoms with van der Waals surface area (Å²) in [6, 6.07) is 0. The van der Waals surface area contributed by atoms with Crippen molar-refractivity contribution in [2.75, 3.05) is 33.9 Å². The van der Waals surface area contributed by atoms with Crippen molar-refractivity contribution in [2.24, 2.45) is 0 Å². The lowest BCUT2D eigenvalue weighted by molar-refractivity contribution is -0.849. The molecule has 0 aliphatic carbocycles. The molecule has 0 aromatic carbocycles. The molecule has 0 amide bonds. The first kappa shape index (κ1) is 17.3. The lowest BCUT2D eigenvalue weighted by Gasteiger charge is -2.14.